The number of alkyl halides is 3. The lowest BCUT2D eigenvalue weighted by Crippen LogP contribution is -2.21. The summed E-state index contributed by atoms with van der Waals surface area (Å²) >= 11 is 0. The van der Waals surface area contributed by atoms with Gasteiger partial charge in [0.2, 0.25) is 5.91 Å². The van der Waals surface area contributed by atoms with Crippen molar-refractivity contribution >= 4 is 12.0 Å². The van der Waals surface area contributed by atoms with Crippen molar-refractivity contribution in [1.29, 1.82) is 0 Å². The second-order valence-corrected chi connectivity index (χ2v) is 6.17. The highest BCUT2D eigenvalue weighted by atomic mass is 19.4. The fraction of sp³-hybridized carbons (Fsp3) is 0.143. The third-order valence-corrected chi connectivity index (χ3v) is 4.02. The first-order chi connectivity index (χ1) is 13.9. The lowest BCUT2D eigenvalue weighted by molar-refractivity contribution is -0.274. The summed E-state index contributed by atoms with van der Waals surface area (Å²) in [6, 6.07) is 13.0. The summed E-state index contributed by atoms with van der Waals surface area (Å²) in [6.45, 7) is 1.00. The maximum Gasteiger partial charge on any atom is 0.573 e. The van der Waals surface area contributed by atoms with Crippen LogP contribution in [0.15, 0.2) is 73.3 Å². The summed E-state index contributed by atoms with van der Waals surface area (Å²) in [5, 5.41) is 2.81. The van der Waals surface area contributed by atoms with Crippen LogP contribution in [0.1, 0.15) is 16.7 Å². The Hall–Kier alpha value is -3.55. The Morgan fingerprint density at radius 3 is 2.48 bits per heavy atom. The SMILES string of the molecule is O=C(/C=C/c1ccc(OC(F)(F)F)cc1)NCc1ccccc1Cn1ccnc1. The standard InChI is InChI=1S/C21H18F3N3O2/c22-21(23,24)29-19-8-5-16(6-9-19)7-10-20(28)26-13-17-3-1-2-4-18(17)14-27-12-11-25-15-27/h1-12,15H,13-14H2,(H,26,28)/b10-7+. The van der Waals surface area contributed by atoms with E-state index in [1.54, 1.807) is 12.5 Å². The molecule has 1 amide bonds. The highest BCUT2D eigenvalue weighted by molar-refractivity contribution is 5.91. The summed E-state index contributed by atoms with van der Waals surface area (Å²) in [7, 11) is 0. The summed E-state index contributed by atoms with van der Waals surface area (Å²) in [4.78, 5) is 16.1. The summed E-state index contributed by atoms with van der Waals surface area (Å²) in [5.41, 5.74) is 2.63. The fourth-order valence-electron chi connectivity index (χ4n) is 2.65. The maximum absolute atomic E-state index is 12.2. The number of benzene rings is 2. The van der Waals surface area contributed by atoms with E-state index in [4.69, 9.17) is 0 Å². The normalized spacial score (nSPS) is 11.6. The van der Waals surface area contributed by atoms with Crippen molar-refractivity contribution < 1.29 is 22.7 Å². The van der Waals surface area contributed by atoms with Gasteiger partial charge in [-0.05, 0) is 34.9 Å². The molecule has 0 aliphatic carbocycles. The van der Waals surface area contributed by atoms with Crippen molar-refractivity contribution in [1.82, 2.24) is 14.9 Å². The number of rotatable bonds is 7. The van der Waals surface area contributed by atoms with E-state index in [0.717, 1.165) is 11.1 Å². The number of aromatic nitrogens is 2. The van der Waals surface area contributed by atoms with E-state index in [0.29, 0.717) is 18.7 Å². The van der Waals surface area contributed by atoms with Gasteiger partial charge in [-0.1, -0.05) is 36.4 Å². The first-order valence-corrected chi connectivity index (χ1v) is 8.73. The molecule has 0 spiro atoms. The summed E-state index contributed by atoms with van der Waals surface area (Å²) in [6.07, 6.45) is 3.41. The van der Waals surface area contributed by atoms with Gasteiger partial charge in [-0.2, -0.15) is 0 Å². The number of carbonyl (C=O) groups excluding carboxylic acids is 1. The Labute approximate surface area is 165 Å². The minimum atomic E-state index is -4.73. The van der Waals surface area contributed by atoms with E-state index < -0.39 is 6.36 Å². The Morgan fingerprint density at radius 1 is 1.10 bits per heavy atom. The second kappa shape index (κ2) is 9.09. The molecular weight excluding hydrogens is 383 g/mol. The average Bonchev–Trinajstić information content (AvgIpc) is 3.19. The Morgan fingerprint density at radius 2 is 1.83 bits per heavy atom. The van der Waals surface area contributed by atoms with Crippen LogP contribution in [0.25, 0.3) is 6.08 Å². The zero-order chi connectivity index (χ0) is 20.7. The van der Waals surface area contributed by atoms with Crippen LogP contribution >= 0.6 is 0 Å². The van der Waals surface area contributed by atoms with E-state index >= 15 is 0 Å². The highest BCUT2D eigenvalue weighted by Crippen LogP contribution is 2.23. The molecule has 5 nitrogen and oxygen atoms in total. The lowest BCUT2D eigenvalue weighted by Gasteiger charge is -2.10. The van der Waals surface area contributed by atoms with Crippen LogP contribution in [0.3, 0.4) is 0 Å². The van der Waals surface area contributed by atoms with Gasteiger partial charge in [0.15, 0.2) is 0 Å². The minimum Gasteiger partial charge on any atom is -0.406 e. The molecule has 0 aliphatic heterocycles. The molecule has 3 aromatic rings. The van der Waals surface area contributed by atoms with Crippen LogP contribution in [0.4, 0.5) is 13.2 Å². The molecule has 150 valence electrons. The molecule has 0 unspecified atom stereocenters. The van der Waals surface area contributed by atoms with Crippen LogP contribution in [0, 0.1) is 0 Å². The van der Waals surface area contributed by atoms with E-state index in [9.17, 15) is 18.0 Å². The van der Waals surface area contributed by atoms with Crippen molar-refractivity contribution in [3.05, 3.63) is 90.0 Å². The smallest absolute Gasteiger partial charge is 0.406 e. The molecule has 0 radical (unpaired) electrons. The van der Waals surface area contributed by atoms with Gasteiger partial charge in [-0.25, -0.2) is 4.98 Å². The topological polar surface area (TPSA) is 56.1 Å². The number of nitrogens with one attached hydrogen (secondary N) is 1. The van der Waals surface area contributed by atoms with Crippen LogP contribution in [-0.4, -0.2) is 21.8 Å². The van der Waals surface area contributed by atoms with E-state index in [-0.39, 0.29) is 11.7 Å². The molecule has 0 fully saturated rings. The van der Waals surface area contributed by atoms with E-state index in [2.05, 4.69) is 15.0 Å². The van der Waals surface area contributed by atoms with Crippen LogP contribution in [0.2, 0.25) is 0 Å². The monoisotopic (exact) mass is 401 g/mol. The zero-order valence-corrected chi connectivity index (χ0v) is 15.3. The van der Waals surface area contributed by atoms with Gasteiger partial charge in [-0.3, -0.25) is 4.79 Å². The second-order valence-electron chi connectivity index (χ2n) is 6.17. The zero-order valence-electron chi connectivity index (χ0n) is 15.3. The van der Waals surface area contributed by atoms with Crippen molar-refractivity contribution in [2.75, 3.05) is 0 Å². The minimum absolute atomic E-state index is 0.307. The van der Waals surface area contributed by atoms with Gasteiger partial charge in [0, 0.05) is 31.6 Å². The molecule has 29 heavy (non-hydrogen) atoms. The summed E-state index contributed by atoms with van der Waals surface area (Å²) in [5.74, 6) is -0.619. The molecule has 1 aromatic heterocycles. The fourth-order valence-corrected chi connectivity index (χ4v) is 2.65. The number of hydrogen-bond acceptors (Lipinski definition) is 3. The first kappa shape index (κ1) is 20.2. The number of amides is 1. The molecule has 1 heterocycles. The average molecular weight is 401 g/mol. The molecule has 0 atom stereocenters. The molecule has 0 bridgehead atoms. The van der Waals surface area contributed by atoms with Gasteiger partial charge in [-0.15, -0.1) is 13.2 Å². The molecule has 3 rings (SSSR count). The molecule has 0 saturated carbocycles. The lowest BCUT2D eigenvalue weighted by atomic mass is 10.1. The van der Waals surface area contributed by atoms with Gasteiger partial charge in [0.1, 0.15) is 5.75 Å². The molecule has 8 heteroatoms. The molecule has 1 N–H and O–H groups in total. The predicted octanol–water partition coefficient (Wildman–Crippen LogP) is 4.16. The van der Waals surface area contributed by atoms with Crippen LogP contribution in [0.5, 0.6) is 5.75 Å². The van der Waals surface area contributed by atoms with E-state index in [1.165, 1.54) is 36.4 Å². The van der Waals surface area contributed by atoms with Crippen molar-refractivity contribution in [3.8, 4) is 5.75 Å². The van der Waals surface area contributed by atoms with Gasteiger partial charge in [0.05, 0.1) is 6.33 Å². The maximum atomic E-state index is 12.2. The van der Waals surface area contributed by atoms with Crippen molar-refractivity contribution in [2.45, 2.75) is 19.5 Å². The molecular formula is C21H18F3N3O2. The molecule has 0 aliphatic rings. The number of hydrogen-bond donors (Lipinski definition) is 1. The Bertz CT molecular complexity index is 966. The quantitative estimate of drug-likeness (QED) is 0.605. The molecule has 0 saturated heterocycles. The third kappa shape index (κ3) is 6.53. The third-order valence-electron chi connectivity index (χ3n) is 4.02. The number of halogens is 3. The number of nitrogens with zero attached hydrogens (tertiary/aromatic N) is 2. The number of ether oxygens (including phenoxy) is 1. The Balaban J connectivity index is 1.55. The van der Waals surface area contributed by atoms with Crippen molar-refractivity contribution in [2.24, 2.45) is 0 Å². The Kier molecular flexibility index (Phi) is 6.33. The predicted molar refractivity (Wildman–Crippen MR) is 102 cm³/mol. The van der Waals surface area contributed by atoms with Crippen molar-refractivity contribution in [3.63, 3.8) is 0 Å². The van der Waals surface area contributed by atoms with Gasteiger partial charge < -0.3 is 14.6 Å². The number of carbonyl (C=O) groups is 1. The highest BCUT2D eigenvalue weighted by Gasteiger charge is 2.30. The van der Waals surface area contributed by atoms with Crippen LogP contribution in [-0.2, 0) is 17.9 Å². The van der Waals surface area contributed by atoms with Gasteiger partial charge in [0.25, 0.3) is 0 Å². The van der Waals surface area contributed by atoms with Gasteiger partial charge >= 0.3 is 6.36 Å². The summed E-state index contributed by atoms with van der Waals surface area (Å²) < 4.78 is 42.2. The van der Waals surface area contributed by atoms with Crippen LogP contribution < -0.4 is 10.1 Å². The largest absolute Gasteiger partial charge is 0.573 e. The molecule has 2 aromatic carbocycles. The van der Waals surface area contributed by atoms with E-state index in [1.807, 2.05) is 35.0 Å². The number of imidazole rings is 1. The first-order valence-electron chi connectivity index (χ1n) is 8.73.